The average Bonchev–Trinajstić information content (AvgIpc) is 1.76. The molecule has 108 heavy (non-hydrogen) atoms. The predicted molar refractivity (Wildman–Crippen MR) is 406 cm³/mol. The van der Waals surface area contributed by atoms with Crippen LogP contribution < -0.4 is 83.7 Å². The van der Waals surface area contributed by atoms with Gasteiger partial charge in [0.05, 0.1) is 102 Å². The number of pyridine rings is 4. The molecule has 0 atom stereocenters. The summed E-state index contributed by atoms with van der Waals surface area (Å²) in [5.41, 5.74) is 36.6. The zero-order valence-electron chi connectivity index (χ0n) is 62.6. The third kappa shape index (κ3) is 27.4. The van der Waals surface area contributed by atoms with E-state index in [0.717, 1.165) is 11.6 Å². The maximum atomic E-state index is 12.0. The van der Waals surface area contributed by atoms with E-state index in [1.54, 1.807) is 97.7 Å². The minimum Gasteiger partial charge on any atom is -0.870 e. The van der Waals surface area contributed by atoms with Gasteiger partial charge < -0.3 is 90.1 Å². The molecule has 0 bridgehead atoms. The quantitative estimate of drug-likeness (QED) is 0.0137. The zero-order valence-corrected chi connectivity index (χ0v) is 63.5. The number of ketones is 5. The molecule has 574 valence electrons. The van der Waals surface area contributed by atoms with E-state index in [1.165, 1.54) is 54.0 Å². The Labute approximate surface area is 658 Å². The molecule has 0 fully saturated rings. The van der Waals surface area contributed by atoms with Crippen LogP contribution >= 0.6 is 58.8 Å². The molecule has 0 amide bonds. The fourth-order valence-corrected chi connectivity index (χ4v) is 9.91. The van der Waals surface area contributed by atoms with E-state index in [4.69, 9.17) is 98.5 Å². The summed E-state index contributed by atoms with van der Waals surface area (Å²) in [7, 11) is 11.2. The van der Waals surface area contributed by atoms with Gasteiger partial charge in [0.1, 0.15) is 81.2 Å². The van der Waals surface area contributed by atoms with Crippen LogP contribution in [0, 0.1) is 0 Å². The molecule has 43 heteroatoms. The number of para-hydroxylation sites is 3. The summed E-state index contributed by atoms with van der Waals surface area (Å²) in [5, 5.41) is 38.1. The summed E-state index contributed by atoms with van der Waals surface area (Å²) in [6, 6.07) is 21.5. The number of carbonyl (C=O) groups excluding carboxylic acids is 6. The van der Waals surface area contributed by atoms with Gasteiger partial charge in [0.2, 0.25) is 0 Å². The third-order valence-corrected chi connectivity index (χ3v) is 14.0. The number of carboxylic acids is 1. The van der Waals surface area contributed by atoms with E-state index in [2.05, 4.69) is 71.3 Å². The first-order valence-electron chi connectivity index (χ1n) is 30.9. The number of Topliss-reactive ketones (excluding diaryl/α,β-unsaturated/α-hetero) is 5. The number of aryl methyl sites for hydroxylation is 3. The van der Waals surface area contributed by atoms with Gasteiger partial charge in [-0.2, -0.15) is 15.3 Å². The number of hydrogen-bond donors (Lipinski definition) is 11. The molecule has 0 saturated carbocycles. The second-order valence-corrected chi connectivity index (χ2v) is 22.4. The zero-order chi connectivity index (χ0) is 80.5. The number of esters is 1. The third-order valence-electron chi connectivity index (χ3n) is 13.1. The Kier molecular flexibility index (Phi) is 38.4. The van der Waals surface area contributed by atoms with Crippen molar-refractivity contribution in [3.63, 3.8) is 0 Å². The van der Waals surface area contributed by atoms with Gasteiger partial charge in [-0.3, -0.25) is 47.6 Å². The van der Waals surface area contributed by atoms with Crippen molar-refractivity contribution in [1.29, 1.82) is 0 Å². The predicted octanol–water partition coefficient (Wildman–Crippen LogP) is 4.84. The molecule has 0 radical (unpaired) electrons. The van der Waals surface area contributed by atoms with E-state index >= 15 is 0 Å². The number of nitrogen functional groups attached to an aromatic ring is 5. The summed E-state index contributed by atoms with van der Waals surface area (Å²) in [4.78, 5) is 114. The van der Waals surface area contributed by atoms with Crippen LogP contribution in [0.3, 0.4) is 0 Å². The van der Waals surface area contributed by atoms with Crippen molar-refractivity contribution in [3.05, 3.63) is 151 Å². The number of benzene rings is 3. The monoisotopic (exact) mass is 1590 g/mol. The van der Waals surface area contributed by atoms with Gasteiger partial charge in [0.15, 0.2) is 57.9 Å². The number of nitrogens with one attached hydrogen (secondary N) is 3. The van der Waals surface area contributed by atoms with E-state index in [9.17, 15) is 43.5 Å². The summed E-state index contributed by atoms with van der Waals surface area (Å²) in [6.45, 7) is 3.09. The molecule has 10 aromatic rings. The van der Waals surface area contributed by atoms with Crippen molar-refractivity contribution in [3.8, 4) is 57.2 Å². The molecule has 0 aliphatic rings. The molecule has 0 aliphatic carbocycles. The van der Waals surface area contributed by atoms with Crippen molar-refractivity contribution in [2.75, 3.05) is 74.7 Å². The number of hydrogen-bond acceptors (Lipinski definition) is 31. The van der Waals surface area contributed by atoms with Crippen molar-refractivity contribution >= 4 is 151 Å². The first-order valence-corrected chi connectivity index (χ1v) is 30.9. The van der Waals surface area contributed by atoms with Gasteiger partial charge in [0, 0.05) is 37.4 Å². The standard InChI is InChI=1S/C17H17ClN6O2.C16H15ClN6O3.C10H12N4O.C7H6Cl2N2O.C7H8N2O3.C7H10O4.CH5N.ClH.Li.2H2O/c1-9(25)14-12(7-13(18)22-16(14)19)21-11-6-4-5-10(15(11)26-3)17-20-8-24(2)23-17;1-23-7-19-15(22-23)8-4-3-5-9(13(8)26-2)20-10-6-11(17)21-14(18)12(10)16(24)25;1-14-6-12-10(13-14)7-4-3-5-8(11)9(7)15-2;1-3(12)6-4(8)2-5(9)11-7(6)10;1-3(10)6-4(11)2-5(12)9-7(6)8;1-5(8)3-6(9)4-7(10)11-2;1-2;;;;/h4-8H,1-3H3,(H3,19,21,22);3-7H,1-2H3,(H,24,25)(H3,18,20,21);3-6H,11H2,1-2H3;2H,1H3,(H2,10,11);2H,1H3,(H4,8,9,11,12);3-4H2,1-2H3;2H2,1H3;1H;;2*1H2/q;;;;;;;;+1;;/p-1/i;;;;;;1D3;;;;. The van der Waals surface area contributed by atoms with Crippen LogP contribution in [-0.2, 0) is 40.3 Å². The van der Waals surface area contributed by atoms with Crippen LogP contribution in [0.15, 0.2) is 103 Å². The summed E-state index contributed by atoms with van der Waals surface area (Å²) in [6.07, 6.45) is 4.32. The maximum Gasteiger partial charge on any atom is 1.00 e. The molecular weight excluding hydrogens is 1520 g/mol. The number of carboxylic acid groups (broad SMARTS) is 1. The first-order chi connectivity index (χ1) is 50.1. The molecule has 0 spiro atoms. The molecular formula is C65H77Cl5LiN21O16. The van der Waals surface area contributed by atoms with Gasteiger partial charge in [-0.1, -0.05) is 64.6 Å². The van der Waals surface area contributed by atoms with Crippen LogP contribution in [0.4, 0.5) is 51.7 Å². The Bertz CT molecular complexity index is 4740. The SMILES string of the molecule is CC(=O)c1c(Cl)cc(Cl)nc1N.CC(=O)c1c(O)cc(=O)[nH]c1N.COC(=O)CC(=O)CC(C)=O.COc1c(N)cccc1-c1ncn(C)n1.COc1c(Nc2cc(Cl)nc(N)c2C(=O)O)cccc1-c1ncn(C)n1.COc1c(Nc2cc(Cl)nc(N)c2C(C)=O)cccc1-c1ncn(C)n1.Cl.O.[2H]C([2H])([2H])N.[Li+].[OH-]. The van der Waals surface area contributed by atoms with E-state index < -0.39 is 30.3 Å². The van der Waals surface area contributed by atoms with E-state index in [1.807, 2.05) is 31.3 Å². The maximum absolute atomic E-state index is 12.0. The number of aromatic carboxylic acids is 1. The smallest absolute Gasteiger partial charge is 0.870 e. The number of ether oxygens (including phenoxy) is 4. The largest absolute Gasteiger partial charge is 1.00 e. The Balaban J connectivity index is 0.00000133. The molecule has 7 heterocycles. The number of anilines is 9. The summed E-state index contributed by atoms with van der Waals surface area (Å²) >= 11 is 23.2. The Morgan fingerprint density at radius 2 is 0.935 bits per heavy atom. The molecule has 37 nitrogen and oxygen atoms in total. The van der Waals surface area contributed by atoms with Crippen LogP contribution in [-0.4, -0.2) is 162 Å². The van der Waals surface area contributed by atoms with Crippen LogP contribution in [0.5, 0.6) is 23.0 Å². The fourth-order valence-electron chi connectivity index (χ4n) is 8.92. The fraction of sp³-hybridized carbons (Fsp3) is 0.215. The molecule has 0 saturated heterocycles. The van der Waals surface area contributed by atoms with Crippen LogP contribution in [0.1, 0.15) is 86.1 Å². The van der Waals surface area contributed by atoms with Gasteiger partial charge in [-0.15, -0.1) is 12.4 Å². The van der Waals surface area contributed by atoms with Crippen molar-refractivity contribution in [2.24, 2.45) is 26.9 Å². The van der Waals surface area contributed by atoms with Crippen molar-refractivity contribution < 1.29 is 96.6 Å². The second kappa shape index (κ2) is 45.8. The molecule has 0 unspecified atom stereocenters. The first kappa shape index (κ1) is 90.7. The molecule has 10 rings (SSSR count). The second-order valence-electron chi connectivity index (χ2n) is 20.8. The number of carbonyl (C=O) groups is 7. The number of nitrogens with zero attached hydrogens (tertiary/aromatic N) is 12. The van der Waals surface area contributed by atoms with Crippen molar-refractivity contribution in [1.82, 2.24) is 64.2 Å². The van der Waals surface area contributed by atoms with Crippen LogP contribution in [0.2, 0.25) is 20.5 Å². The number of aromatic amines is 1. The van der Waals surface area contributed by atoms with Crippen molar-refractivity contribution in [2.45, 2.75) is 40.5 Å². The van der Waals surface area contributed by atoms with Gasteiger partial charge >= 0.3 is 30.8 Å². The Morgan fingerprint density at radius 1 is 0.565 bits per heavy atom. The number of rotatable bonds is 18. The normalized spacial score (nSPS) is 10.2. The van der Waals surface area contributed by atoms with E-state index in [-0.39, 0.29) is 156 Å². The van der Waals surface area contributed by atoms with Gasteiger partial charge in [-0.25, -0.2) is 34.7 Å². The summed E-state index contributed by atoms with van der Waals surface area (Å²) < 4.78 is 43.5. The van der Waals surface area contributed by atoms with Gasteiger partial charge in [0.25, 0.3) is 5.56 Å². The number of halogens is 5. The Morgan fingerprint density at radius 3 is 1.28 bits per heavy atom. The minimum absolute atomic E-state index is 0. The summed E-state index contributed by atoms with van der Waals surface area (Å²) in [5.74, 6) is -0.648. The topological polar surface area (TPSA) is 602 Å². The molecule has 7 aromatic heterocycles. The van der Waals surface area contributed by atoms with Gasteiger partial charge in [-0.05, 0) is 83.2 Å². The number of aromatic hydroxyl groups is 1. The molecule has 20 N–H and O–H groups in total. The van der Waals surface area contributed by atoms with Crippen LogP contribution in [0.25, 0.3) is 34.2 Å². The number of nitrogens with two attached hydrogens (primary N) is 6. The molecule has 3 aromatic carbocycles. The minimum atomic E-state index is -2.25. The number of H-pyrrole nitrogens is 1. The number of aromatic nitrogens is 13. The Hall–Kier alpha value is -11.5. The van der Waals surface area contributed by atoms with E-state index in [0.29, 0.717) is 68.6 Å². The average molecular weight is 1600 g/mol. The molecule has 0 aliphatic heterocycles. The number of methoxy groups -OCH3 is 4.